The molecule has 0 unspecified atom stereocenters. The zero-order valence-corrected chi connectivity index (χ0v) is 19.0. The van der Waals surface area contributed by atoms with E-state index in [2.05, 4.69) is 4.85 Å². The van der Waals surface area contributed by atoms with Gasteiger partial charge in [0.1, 0.15) is 11.5 Å². The summed E-state index contributed by atoms with van der Waals surface area (Å²) in [6.45, 7) is 11.5. The van der Waals surface area contributed by atoms with Gasteiger partial charge in [0.2, 0.25) is 0 Å². The van der Waals surface area contributed by atoms with Gasteiger partial charge in [0.25, 0.3) is 10.0 Å². The van der Waals surface area contributed by atoms with E-state index in [0.717, 1.165) is 5.56 Å². The van der Waals surface area contributed by atoms with Crippen molar-refractivity contribution in [1.82, 2.24) is 3.97 Å². The van der Waals surface area contributed by atoms with E-state index in [1.807, 2.05) is 13.8 Å². The molecule has 4 aromatic rings. The molecule has 0 saturated carbocycles. The molecule has 0 saturated heterocycles. The van der Waals surface area contributed by atoms with Gasteiger partial charge >= 0.3 is 0 Å². The van der Waals surface area contributed by atoms with Crippen LogP contribution in [0.2, 0.25) is 0 Å². The van der Waals surface area contributed by atoms with E-state index in [-0.39, 0.29) is 4.90 Å². The quantitative estimate of drug-likeness (QED) is 0.233. The lowest BCUT2D eigenvalue weighted by molar-refractivity contribution is 0.272. The molecule has 0 N–H and O–H groups in total. The monoisotopic (exact) mass is 458 g/mol. The van der Waals surface area contributed by atoms with Crippen molar-refractivity contribution in [2.75, 3.05) is 6.61 Å². The summed E-state index contributed by atoms with van der Waals surface area (Å²) in [5.41, 5.74) is 2.65. The zero-order chi connectivity index (χ0) is 23.4. The molecule has 0 aliphatic rings. The summed E-state index contributed by atoms with van der Waals surface area (Å²) in [6.07, 6.45) is 4.85. The van der Waals surface area contributed by atoms with E-state index < -0.39 is 10.0 Å². The van der Waals surface area contributed by atoms with Crippen molar-refractivity contribution in [3.63, 3.8) is 0 Å². The minimum atomic E-state index is -3.77. The van der Waals surface area contributed by atoms with Crippen LogP contribution in [-0.2, 0) is 14.8 Å². The Hall–Kier alpha value is -4.02. The highest BCUT2D eigenvalue weighted by molar-refractivity contribution is 7.90. The highest BCUT2D eigenvalue weighted by Gasteiger charge is 2.21. The summed E-state index contributed by atoms with van der Waals surface area (Å²) >= 11 is 0. The SMILES string of the molecule is [C-]#[N+]c1cccc(Oc2ccc3c(ccn3S(=O)(=O)c3ccc(C)cc3)c2/C=C\OCC)c1. The molecular formula is C26H22N2O4S. The highest BCUT2D eigenvalue weighted by Crippen LogP contribution is 2.35. The van der Waals surface area contributed by atoms with E-state index in [0.29, 0.717) is 40.3 Å². The van der Waals surface area contributed by atoms with Gasteiger partial charge in [-0.2, -0.15) is 0 Å². The number of rotatable bonds is 7. The number of fused-ring (bicyclic) bond motifs is 1. The summed E-state index contributed by atoms with van der Waals surface area (Å²) in [4.78, 5) is 3.65. The van der Waals surface area contributed by atoms with Crippen molar-refractivity contribution < 1.29 is 17.9 Å². The molecule has 0 radical (unpaired) electrons. The Kier molecular flexibility index (Phi) is 6.20. The molecule has 7 heteroatoms. The third-order valence-electron chi connectivity index (χ3n) is 5.09. The van der Waals surface area contributed by atoms with Crippen molar-refractivity contribution in [3.8, 4) is 11.5 Å². The van der Waals surface area contributed by atoms with Crippen molar-refractivity contribution in [3.05, 3.63) is 102 Å². The number of hydrogen-bond acceptors (Lipinski definition) is 4. The van der Waals surface area contributed by atoms with Crippen molar-refractivity contribution >= 4 is 32.7 Å². The van der Waals surface area contributed by atoms with Crippen LogP contribution in [0.3, 0.4) is 0 Å². The molecule has 0 bridgehead atoms. The van der Waals surface area contributed by atoms with Gasteiger partial charge in [-0.05, 0) is 62.4 Å². The van der Waals surface area contributed by atoms with Crippen LogP contribution in [0.25, 0.3) is 21.8 Å². The van der Waals surface area contributed by atoms with Crippen molar-refractivity contribution in [2.45, 2.75) is 18.7 Å². The first-order valence-corrected chi connectivity index (χ1v) is 11.8. The van der Waals surface area contributed by atoms with Crippen molar-refractivity contribution in [2.24, 2.45) is 0 Å². The molecule has 0 fully saturated rings. The molecule has 4 rings (SSSR count). The smallest absolute Gasteiger partial charge is 0.268 e. The third-order valence-corrected chi connectivity index (χ3v) is 6.79. The van der Waals surface area contributed by atoms with Gasteiger partial charge in [-0.15, -0.1) is 0 Å². The average Bonchev–Trinajstić information content (AvgIpc) is 3.26. The molecule has 6 nitrogen and oxygen atoms in total. The summed E-state index contributed by atoms with van der Waals surface area (Å²) in [5.74, 6) is 1.03. The standard InChI is InChI=1S/C26H22N2O4S/c1-4-31-17-15-24-23-14-16-28(33(29,30)22-10-8-19(2)9-11-22)25(23)12-13-26(24)32-21-7-5-6-20(18-21)27-3/h5-18H,4H2,1-2H3/b17-15-. The lowest BCUT2D eigenvalue weighted by Gasteiger charge is -2.12. The van der Waals surface area contributed by atoms with Crippen LogP contribution in [0.15, 0.2) is 84.1 Å². The molecular weight excluding hydrogens is 436 g/mol. The molecule has 1 heterocycles. The maximum Gasteiger partial charge on any atom is 0.268 e. The van der Waals surface area contributed by atoms with Crippen molar-refractivity contribution in [1.29, 1.82) is 0 Å². The summed E-state index contributed by atoms with van der Waals surface area (Å²) in [6, 6.07) is 18.8. The summed E-state index contributed by atoms with van der Waals surface area (Å²) < 4.78 is 39.3. The maximum absolute atomic E-state index is 13.3. The molecule has 0 amide bonds. The van der Waals surface area contributed by atoms with Gasteiger partial charge in [-0.3, -0.25) is 0 Å². The predicted molar refractivity (Wildman–Crippen MR) is 129 cm³/mol. The van der Waals surface area contributed by atoms with Crippen LogP contribution in [0, 0.1) is 13.5 Å². The Labute approximate surface area is 193 Å². The second-order valence-electron chi connectivity index (χ2n) is 7.31. The molecule has 0 aliphatic carbocycles. The Bertz CT molecular complexity index is 1480. The van der Waals surface area contributed by atoms with Gasteiger partial charge in [-0.25, -0.2) is 17.2 Å². The number of aromatic nitrogens is 1. The van der Waals surface area contributed by atoms with Crippen LogP contribution in [0.4, 0.5) is 5.69 Å². The van der Waals surface area contributed by atoms with Gasteiger partial charge in [0.15, 0.2) is 5.69 Å². The molecule has 0 atom stereocenters. The fraction of sp³-hybridized carbons (Fsp3) is 0.115. The fourth-order valence-electron chi connectivity index (χ4n) is 3.44. The lowest BCUT2D eigenvalue weighted by atomic mass is 10.1. The largest absolute Gasteiger partial charge is 0.501 e. The molecule has 166 valence electrons. The third kappa shape index (κ3) is 4.47. The number of nitrogens with zero attached hydrogens (tertiary/aromatic N) is 2. The van der Waals surface area contributed by atoms with Gasteiger partial charge in [-0.1, -0.05) is 29.8 Å². The van der Waals surface area contributed by atoms with E-state index >= 15 is 0 Å². The molecule has 0 aliphatic heterocycles. The second-order valence-corrected chi connectivity index (χ2v) is 9.12. The van der Waals surface area contributed by atoms with E-state index in [4.69, 9.17) is 16.0 Å². The Morgan fingerprint density at radius 1 is 1.06 bits per heavy atom. The first kappa shape index (κ1) is 22.2. The number of aryl methyl sites for hydroxylation is 1. The van der Waals surface area contributed by atoms with Crippen LogP contribution < -0.4 is 4.74 Å². The predicted octanol–water partition coefficient (Wildman–Crippen LogP) is 6.54. The van der Waals surface area contributed by atoms with Crippen LogP contribution in [0.1, 0.15) is 18.1 Å². The average molecular weight is 459 g/mol. The minimum Gasteiger partial charge on any atom is -0.501 e. The van der Waals surface area contributed by atoms with Crippen LogP contribution in [0.5, 0.6) is 11.5 Å². The first-order valence-electron chi connectivity index (χ1n) is 10.3. The van der Waals surface area contributed by atoms with Crippen LogP contribution >= 0.6 is 0 Å². The number of ether oxygens (including phenoxy) is 2. The Balaban J connectivity index is 1.83. The summed E-state index contributed by atoms with van der Waals surface area (Å²) in [5, 5.41) is 0.695. The van der Waals surface area contributed by atoms with Gasteiger partial charge in [0, 0.05) is 17.1 Å². The molecule has 0 spiro atoms. The zero-order valence-electron chi connectivity index (χ0n) is 18.2. The number of hydrogen-bond donors (Lipinski definition) is 0. The second kappa shape index (κ2) is 9.23. The minimum absolute atomic E-state index is 0.216. The normalized spacial score (nSPS) is 11.5. The van der Waals surface area contributed by atoms with Gasteiger partial charge < -0.3 is 9.47 Å². The molecule has 3 aromatic carbocycles. The molecule has 33 heavy (non-hydrogen) atoms. The van der Waals surface area contributed by atoms with Gasteiger partial charge in [0.05, 0.1) is 29.9 Å². The lowest BCUT2D eigenvalue weighted by Crippen LogP contribution is -2.11. The Morgan fingerprint density at radius 2 is 1.85 bits per heavy atom. The topological polar surface area (TPSA) is 61.9 Å². The van der Waals surface area contributed by atoms with E-state index in [9.17, 15) is 8.42 Å². The van der Waals surface area contributed by atoms with Crippen LogP contribution in [-0.4, -0.2) is 19.0 Å². The first-order chi connectivity index (χ1) is 15.9. The highest BCUT2D eigenvalue weighted by atomic mass is 32.2. The number of benzene rings is 3. The van der Waals surface area contributed by atoms with E-state index in [1.54, 1.807) is 85.3 Å². The fourth-order valence-corrected chi connectivity index (χ4v) is 4.79. The Morgan fingerprint density at radius 3 is 2.58 bits per heavy atom. The molecule has 1 aromatic heterocycles. The maximum atomic E-state index is 13.3. The van der Waals surface area contributed by atoms with E-state index in [1.165, 1.54) is 3.97 Å². The summed E-state index contributed by atoms with van der Waals surface area (Å²) in [7, 11) is -3.77.